The molecule has 0 bridgehead atoms. The van der Waals surface area contributed by atoms with Crippen LogP contribution >= 0.6 is 23.2 Å². The van der Waals surface area contributed by atoms with E-state index in [1.54, 1.807) is 24.3 Å². The van der Waals surface area contributed by atoms with Crippen LogP contribution in [0.3, 0.4) is 0 Å². The van der Waals surface area contributed by atoms with E-state index in [1.807, 2.05) is 5.32 Å². The summed E-state index contributed by atoms with van der Waals surface area (Å²) in [6, 6.07) is 7.35. The van der Waals surface area contributed by atoms with Crippen molar-refractivity contribution in [2.24, 2.45) is 5.73 Å². The van der Waals surface area contributed by atoms with Crippen molar-refractivity contribution in [3.63, 3.8) is 0 Å². The van der Waals surface area contributed by atoms with Crippen LogP contribution in [0, 0.1) is 0 Å². The number of nitrogens with two attached hydrogens (primary N) is 1. The van der Waals surface area contributed by atoms with Gasteiger partial charge in [-0.1, -0.05) is 23.2 Å². The SMILES string of the molecule is NC(=O)NC(=O)CNc1ccc(Oc2ncc(Cl)cc2Cl)cc1. The molecule has 0 aliphatic rings. The third-order valence-corrected chi connectivity index (χ3v) is 3.04. The second kappa shape index (κ2) is 7.66. The van der Waals surface area contributed by atoms with E-state index in [0.717, 1.165) is 0 Å². The Hall–Kier alpha value is -2.51. The van der Waals surface area contributed by atoms with Crippen molar-refractivity contribution in [1.82, 2.24) is 10.3 Å². The molecule has 0 aliphatic carbocycles. The predicted molar refractivity (Wildman–Crippen MR) is 87.0 cm³/mol. The molecule has 0 aliphatic heterocycles. The van der Waals surface area contributed by atoms with Gasteiger partial charge in [-0.25, -0.2) is 9.78 Å². The number of amides is 3. The molecule has 1 heterocycles. The fourth-order valence-corrected chi connectivity index (χ4v) is 2.01. The number of urea groups is 1. The third kappa shape index (κ3) is 5.32. The molecule has 1 aromatic heterocycles. The molecule has 9 heteroatoms. The number of carbonyl (C=O) groups excluding carboxylic acids is 2. The molecule has 4 N–H and O–H groups in total. The molecule has 7 nitrogen and oxygen atoms in total. The second-order valence-electron chi connectivity index (χ2n) is 4.33. The lowest BCUT2D eigenvalue weighted by Gasteiger charge is -2.09. The minimum atomic E-state index is -0.895. The first-order valence-electron chi connectivity index (χ1n) is 6.36. The van der Waals surface area contributed by atoms with Gasteiger partial charge >= 0.3 is 6.03 Å². The first kappa shape index (κ1) is 16.9. The monoisotopic (exact) mass is 354 g/mol. The van der Waals surface area contributed by atoms with Crippen LogP contribution < -0.4 is 21.1 Å². The Labute approximate surface area is 141 Å². The molecule has 0 fully saturated rings. The Bertz CT molecular complexity index is 722. The molecule has 3 amide bonds. The third-order valence-electron chi connectivity index (χ3n) is 2.56. The number of anilines is 1. The van der Waals surface area contributed by atoms with Crippen LogP contribution in [0.5, 0.6) is 11.6 Å². The summed E-state index contributed by atoms with van der Waals surface area (Å²) in [7, 11) is 0. The van der Waals surface area contributed by atoms with E-state index < -0.39 is 11.9 Å². The maximum Gasteiger partial charge on any atom is 0.318 e. The largest absolute Gasteiger partial charge is 0.438 e. The first-order valence-corrected chi connectivity index (χ1v) is 7.12. The van der Waals surface area contributed by atoms with E-state index in [2.05, 4.69) is 10.3 Å². The van der Waals surface area contributed by atoms with Gasteiger partial charge in [-0.3, -0.25) is 10.1 Å². The Kier molecular flexibility index (Phi) is 5.61. The van der Waals surface area contributed by atoms with E-state index in [0.29, 0.717) is 21.5 Å². The summed E-state index contributed by atoms with van der Waals surface area (Å²) in [5.41, 5.74) is 5.50. The van der Waals surface area contributed by atoms with Gasteiger partial charge in [0.2, 0.25) is 11.8 Å². The molecule has 120 valence electrons. The zero-order chi connectivity index (χ0) is 16.8. The summed E-state index contributed by atoms with van der Waals surface area (Å²) in [5.74, 6) is 0.210. The van der Waals surface area contributed by atoms with Gasteiger partial charge in [0.05, 0.1) is 11.6 Å². The van der Waals surface area contributed by atoms with Crippen molar-refractivity contribution in [3.8, 4) is 11.6 Å². The molecule has 0 spiro atoms. The Balaban J connectivity index is 1.94. The smallest absolute Gasteiger partial charge is 0.318 e. The molecule has 1 aromatic carbocycles. The highest BCUT2D eigenvalue weighted by Crippen LogP contribution is 2.29. The summed E-state index contributed by atoms with van der Waals surface area (Å²) in [4.78, 5) is 25.8. The van der Waals surface area contributed by atoms with Crippen molar-refractivity contribution >= 4 is 40.8 Å². The minimum Gasteiger partial charge on any atom is -0.438 e. The Morgan fingerprint density at radius 2 is 1.91 bits per heavy atom. The normalized spacial score (nSPS) is 10.0. The highest BCUT2D eigenvalue weighted by atomic mass is 35.5. The maximum absolute atomic E-state index is 11.3. The Morgan fingerprint density at radius 1 is 1.22 bits per heavy atom. The summed E-state index contributed by atoms with van der Waals surface area (Å²) < 4.78 is 5.53. The highest BCUT2D eigenvalue weighted by Gasteiger charge is 2.07. The number of hydrogen-bond donors (Lipinski definition) is 3. The fourth-order valence-electron chi connectivity index (χ4n) is 1.59. The van der Waals surface area contributed by atoms with E-state index in [-0.39, 0.29) is 12.4 Å². The lowest BCUT2D eigenvalue weighted by molar-refractivity contribution is -0.118. The standard InChI is InChI=1S/C14H12Cl2N4O3/c15-8-5-11(16)13(19-6-8)23-10-3-1-9(2-4-10)18-7-12(21)20-14(17)22/h1-6,18H,7H2,(H3,17,20,21,22). The molecule has 2 rings (SSSR count). The van der Waals surface area contributed by atoms with Crippen LogP contribution in [0.15, 0.2) is 36.5 Å². The van der Waals surface area contributed by atoms with Gasteiger partial charge in [-0.05, 0) is 30.3 Å². The van der Waals surface area contributed by atoms with Crippen LogP contribution in [-0.4, -0.2) is 23.5 Å². The zero-order valence-corrected chi connectivity index (χ0v) is 13.2. The lowest BCUT2D eigenvalue weighted by Crippen LogP contribution is -2.38. The van der Waals surface area contributed by atoms with Gasteiger partial charge in [0.1, 0.15) is 10.8 Å². The van der Waals surface area contributed by atoms with E-state index in [1.165, 1.54) is 12.3 Å². The molecule has 0 atom stereocenters. The fraction of sp³-hybridized carbons (Fsp3) is 0.0714. The van der Waals surface area contributed by atoms with Crippen molar-refractivity contribution in [2.75, 3.05) is 11.9 Å². The van der Waals surface area contributed by atoms with Gasteiger partial charge < -0.3 is 15.8 Å². The van der Waals surface area contributed by atoms with Crippen LogP contribution in [0.4, 0.5) is 10.5 Å². The number of halogens is 2. The second-order valence-corrected chi connectivity index (χ2v) is 5.18. The van der Waals surface area contributed by atoms with Crippen LogP contribution in [0.2, 0.25) is 10.0 Å². The van der Waals surface area contributed by atoms with Gasteiger partial charge in [0.25, 0.3) is 0 Å². The van der Waals surface area contributed by atoms with Crippen molar-refractivity contribution < 1.29 is 14.3 Å². The van der Waals surface area contributed by atoms with E-state index in [9.17, 15) is 9.59 Å². The Morgan fingerprint density at radius 3 is 2.52 bits per heavy atom. The van der Waals surface area contributed by atoms with Crippen molar-refractivity contribution in [3.05, 3.63) is 46.6 Å². The number of carbonyl (C=O) groups is 2. The molecular formula is C14H12Cl2N4O3. The number of ether oxygens (including phenoxy) is 1. The number of benzene rings is 1. The summed E-state index contributed by atoms with van der Waals surface area (Å²) in [6.07, 6.45) is 1.43. The lowest BCUT2D eigenvalue weighted by atomic mass is 10.3. The molecule has 0 radical (unpaired) electrons. The van der Waals surface area contributed by atoms with E-state index in [4.69, 9.17) is 33.7 Å². The summed E-state index contributed by atoms with van der Waals surface area (Å²) in [5, 5.41) is 5.48. The van der Waals surface area contributed by atoms with E-state index >= 15 is 0 Å². The average molecular weight is 355 g/mol. The van der Waals surface area contributed by atoms with Crippen LogP contribution in [0.25, 0.3) is 0 Å². The molecule has 2 aromatic rings. The topological polar surface area (TPSA) is 106 Å². The zero-order valence-electron chi connectivity index (χ0n) is 11.7. The van der Waals surface area contributed by atoms with Gasteiger partial charge in [0, 0.05) is 11.9 Å². The molecule has 0 unspecified atom stereocenters. The molecule has 0 saturated heterocycles. The predicted octanol–water partition coefficient (Wildman–Crippen LogP) is 2.79. The van der Waals surface area contributed by atoms with Crippen molar-refractivity contribution in [2.45, 2.75) is 0 Å². The minimum absolute atomic E-state index is 0.0896. The summed E-state index contributed by atoms with van der Waals surface area (Å²) in [6.45, 7) is -0.0896. The highest BCUT2D eigenvalue weighted by molar-refractivity contribution is 6.35. The summed E-state index contributed by atoms with van der Waals surface area (Å²) >= 11 is 11.7. The number of hydrogen-bond acceptors (Lipinski definition) is 5. The van der Waals surface area contributed by atoms with Gasteiger partial charge in [0.15, 0.2) is 0 Å². The number of rotatable bonds is 5. The molecule has 23 heavy (non-hydrogen) atoms. The van der Waals surface area contributed by atoms with Crippen LogP contribution in [-0.2, 0) is 4.79 Å². The molecular weight excluding hydrogens is 343 g/mol. The van der Waals surface area contributed by atoms with Gasteiger partial charge in [-0.2, -0.15) is 0 Å². The quantitative estimate of drug-likeness (QED) is 0.765. The van der Waals surface area contributed by atoms with Gasteiger partial charge in [-0.15, -0.1) is 0 Å². The number of nitrogens with one attached hydrogen (secondary N) is 2. The number of imide groups is 1. The number of nitrogens with zero attached hydrogens (tertiary/aromatic N) is 1. The average Bonchev–Trinajstić information content (AvgIpc) is 2.49. The molecule has 0 saturated carbocycles. The number of aromatic nitrogens is 1. The number of pyridine rings is 1. The first-order chi connectivity index (χ1) is 10.9. The maximum atomic E-state index is 11.3. The van der Waals surface area contributed by atoms with Crippen molar-refractivity contribution in [1.29, 1.82) is 0 Å². The number of primary amides is 1. The van der Waals surface area contributed by atoms with Crippen LogP contribution in [0.1, 0.15) is 0 Å².